The molecule has 0 spiro atoms. The Labute approximate surface area is 113 Å². The summed E-state index contributed by atoms with van der Waals surface area (Å²) >= 11 is 0. The Morgan fingerprint density at radius 1 is 1.18 bits per heavy atom. The zero-order valence-corrected chi connectivity index (χ0v) is 11.6. The van der Waals surface area contributed by atoms with Crippen molar-refractivity contribution in [2.45, 2.75) is 39.5 Å². The lowest BCUT2D eigenvalue weighted by atomic mass is 9.69. The highest BCUT2D eigenvalue weighted by atomic mass is 27.0. The van der Waals surface area contributed by atoms with E-state index in [1.165, 1.54) is 0 Å². The van der Waals surface area contributed by atoms with E-state index in [2.05, 4.69) is 0 Å². The fourth-order valence-electron chi connectivity index (χ4n) is 2.81. The van der Waals surface area contributed by atoms with Gasteiger partial charge in [0.05, 0.1) is 11.8 Å². The molecule has 1 aliphatic rings. The highest BCUT2D eigenvalue weighted by Gasteiger charge is 2.42. The van der Waals surface area contributed by atoms with E-state index in [9.17, 15) is 14.7 Å². The minimum atomic E-state index is -0.958. The topological polar surface area (TPSA) is 74.6 Å². The van der Waals surface area contributed by atoms with Crippen molar-refractivity contribution in [1.82, 2.24) is 0 Å². The number of hydrogen-bond acceptors (Lipinski definition) is 2. The second-order valence-electron chi connectivity index (χ2n) is 5.13. The van der Waals surface area contributed by atoms with Crippen molar-refractivity contribution in [1.29, 1.82) is 0 Å². The normalized spacial score (nSPS) is 28.5. The van der Waals surface area contributed by atoms with Crippen LogP contribution < -0.4 is 0 Å². The second-order valence-corrected chi connectivity index (χ2v) is 5.13. The summed E-state index contributed by atoms with van der Waals surface area (Å²) in [5, 5.41) is 18.2. The van der Waals surface area contributed by atoms with Crippen LogP contribution in [0, 0.1) is 23.7 Å². The van der Waals surface area contributed by atoms with Crippen LogP contribution in [-0.2, 0) is 9.59 Å². The van der Waals surface area contributed by atoms with E-state index in [1.807, 2.05) is 13.8 Å². The molecule has 1 aliphatic carbocycles. The van der Waals surface area contributed by atoms with Gasteiger partial charge in [0.15, 0.2) is 0 Å². The van der Waals surface area contributed by atoms with Crippen molar-refractivity contribution in [3.8, 4) is 0 Å². The SMILES string of the molecule is CC(C)CC1CCCC(C(=O)O)C1C(=O)O.[Al]. The molecule has 3 atom stereocenters. The predicted molar refractivity (Wildman–Crippen MR) is 64.8 cm³/mol. The summed E-state index contributed by atoms with van der Waals surface area (Å²) in [5.74, 6) is -2.87. The lowest BCUT2D eigenvalue weighted by molar-refractivity contribution is -0.158. The molecule has 0 saturated heterocycles. The third kappa shape index (κ3) is 4.33. The molecule has 0 aromatic heterocycles. The van der Waals surface area contributed by atoms with Crippen LogP contribution in [0.4, 0.5) is 0 Å². The maximum Gasteiger partial charge on any atom is 0.307 e. The molecule has 0 aromatic rings. The molecular formula is C12H20AlO4. The van der Waals surface area contributed by atoms with Crippen molar-refractivity contribution in [2.24, 2.45) is 23.7 Å². The van der Waals surface area contributed by atoms with E-state index < -0.39 is 23.8 Å². The summed E-state index contributed by atoms with van der Waals surface area (Å²) in [4.78, 5) is 22.2. The van der Waals surface area contributed by atoms with E-state index in [1.54, 1.807) is 0 Å². The zero-order chi connectivity index (χ0) is 12.3. The molecule has 1 fully saturated rings. The third-order valence-electron chi connectivity index (χ3n) is 3.41. The number of rotatable bonds is 4. The minimum Gasteiger partial charge on any atom is -0.481 e. The summed E-state index contributed by atoms with van der Waals surface area (Å²) in [6.07, 6.45) is 2.98. The zero-order valence-electron chi connectivity index (χ0n) is 10.4. The molecule has 1 rings (SSSR count). The van der Waals surface area contributed by atoms with Crippen LogP contribution in [0.15, 0.2) is 0 Å². The Balaban J connectivity index is 0.00000256. The first-order chi connectivity index (χ1) is 7.43. The molecule has 0 heterocycles. The smallest absolute Gasteiger partial charge is 0.307 e. The average Bonchev–Trinajstić information content (AvgIpc) is 2.15. The van der Waals surface area contributed by atoms with Gasteiger partial charge >= 0.3 is 11.9 Å². The molecule has 5 heteroatoms. The lowest BCUT2D eigenvalue weighted by Gasteiger charge is -2.34. The molecule has 0 aliphatic heterocycles. The summed E-state index contributed by atoms with van der Waals surface area (Å²) < 4.78 is 0. The fourth-order valence-corrected chi connectivity index (χ4v) is 2.81. The lowest BCUT2D eigenvalue weighted by Crippen LogP contribution is -2.39. The van der Waals surface area contributed by atoms with Crippen LogP contribution in [0.5, 0.6) is 0 Å². The molecule has 3 unspecified atom stereocenters. The van der Waals surface area contributed by atoms with Crippen LogP contribution in [0.1, 0.15) is 39.5 Å². The van der Waals surface area contributed by atoms with Crippen molar-refractivity contribution in [3.05, 3.63) is 0 Å². The molecule has 0 aromatic carbocycles. The number of aliphatic carboxylic acids is 2. The van der Waals surface area contributed by atoms with Gasteiger partial charge in [-0.3, -0.25) is 9.59 Å². The molecule has 95 valence electrons. The first-order valence-electron chi connectivity index (χ1n) is 5.89. The first-order valence-corrected chi connectivity index (χ1v) is 5.89. The predicted octanol–water partition coefficient (Wildman–Crippen LogP) is 1.85. The highest BCUT2D eigenvalue weighted by Crippen LogP contribution is 2.38. The Kier molecular flexibility index (Phi) is 6.81. The van der Waals surface area contributed by atoms with Crippen molar-refractivity contribution < 1.29 is 19.8 Å². The van der Waals surface area contributed by atoms with Gasteiger partial charge in [-0.05, 0) is 31.1 Å². The summed E-state index contributed by atoms with van der Waals surface area (Å²) in [6, 6.07) is 0. The number of carboxylic acids is 2. The standard InChI is InChI=1S/C12H20O4.Al/c1-7(2)6-8-4-3-5-9(11(13)14)10(8)12(15)16;/h7-10H,3-6H2,1-2H3,(H,13,14)(H,15,16);. The molecule has 2 N–H and O–H groups in total. The van der Waals surface area contributed by atoms with E-state index in [0.29, 0.717) is 12.3 Å². The van der Waals surface area contributed by atoms with Gasteiger partial charge in [-0.15, -0.1) is 0 Å². The summed E-state index contributed by atoms with van der Waals surface area (Å²) in [5.41, 5.74) is 0. The summed E-state index contributed by atoms with van der Waals surface area (Å²) in [6.45, 7) is 4.09. The molecular weight excluding hydrogens is 235 g/mol. The van der Waals surface area contributed by atoms with Gasteiger partial charge in [0.2, 0.25) is 0 Å². The van der Waals surface area contributed by atoms with Crippen LogP contribution in [0.25, 0.3) is 0 Å². The maximum absolute atomic E-state index is 11.2. The van der Waals surface area contributed by atoms with Gasteiger partial charge in [-0.2, -0.15) is 0 Å². The molecule has 1 saturated carbocycles. The van der Waals surface area contributed by atoms with Gasteiger partial charge in [0.25, 0.3) is 0 Å². The quantitative estimate of drug-likeness (QED) is 0.752. The van der Waals surface area contributed by atoms with Crippen LogP contribution in [-0.4, -0.2) is 39.5 Å². The van der Waals surface area contributed by atoms with Crippen LogP contribution in [0.2, 0.25) is 0 Å². The van der Waals surface area contributed by atoms with E-state index in [0.717, 1.165) is 19.3 Å². The van der Waals surface area contributed by atoms with E-state index in [4.69, 9.17) is 5.11 Å². The van der Waals surface area contributed by atoms with Gasteiger partial charge in [0, 0.05) is 17.4 Å². The largest absolute Gasteiger partial charge is 0.481 e. The van der Waals surface area contributed by atoms with Crippen LogP contribution in [0.3, 0.4) is 0 Å². The Bertz CT molecular complexity index is 278. The Morgan fingerprint density at radius 2 is 1.76 bits per heavy atom. The molecule has 4 nitrogen and oxygen atoms in total. The monoisotopic (exact) mass is 255 g/mol. The second kappa shape index (κ2) is 7.03. The number of carboxylic acid groups (broad SMARTS) is 2. The fraction of sp³-hybridized carbons (Fsp3) is 0.833. The first kappa shape index (κ1) is 16.5. The van der Waals surface area contributed by atoms with Crippen molar-refractivity contribution in [3.63, 3.8) is 0 Å². The Hall–Kier alpha value is -0.528. The third-order valence-corrected chi connectivity index (χ3v) is 3.41. The number of carbonyl (C=O) groups is 2. The van der Waals surface area contributed by atoms with Crippen molar-refractivity contribution >= 4 is 29.3 Å². The average molecular weight is 255 g/mol. The molecule has 17 heavy (non-hydrogen) atoms. The molecule has 0 amide bonds. The molecule has 0 bridgehead atoms. The Morgan fingerprint density at radius 3 is 2.18 bits per heavy atom. The van der Waals surface area contributed by atoms with E-state index >= 15 is 0 Å². The van der Waals surface area contributed by atoms with Crippen LogP contribution >= 0.6 is 0 Å². The van der Waals surface area contributed by atoms with Gasteiger partial charge in [-0.1, -0.05) is 20.3 Å². The summed E-state index contributed by atoms with van der Waals surface area (Å²) in [7, 11) is 0. The number of hydrogen-bond donors (Lipinski definition) is 2. The molecule has 3 radical (unpaired) electrons. The van der Waals surface area contributed by atoms with Crippen molar-refractivity contribution in [2.75, 3.05) is 0 Å². The van der Waals surface area contributed by atoms with Gasteiger partial charge in [-0.25, -0.2) is 0 Å². The van der Waals surface area contributed by atoms with E-state index in [-0.39, 0.29) is 23.3 Å². The maximum atomic E-state index is 11.2. The van der Waals surface area contributed by atoms with Gasteiger partial charge in [0.1, 0.15) is 0 Å². The minimum absolute atomic E-state index is 0. The van der Waals surface area contributed by atoms with Gasteiger partial charge < -0.3 is 10.2 Å². The highest BCUT2D eigenvalue weighted by molar-refractivity contribution is 5.80.